The molecule has 9 heteroatoms. The maximum atomic E-state index is 0. The number of hydrogen-bond donors (Lipinski definition) is 0. The molecular formula is H17O9-. The lowest BCUT2D eigenvalue weighted by Crippen LogP contribution is -0.290. The average Bonchev–Trinajstić information content (AvgIpc) is 0. The van der Waals surface area contributed by atoms with Crippen molar-refractivity contribution in [2.45, 2.75) is 0 Å². The van der Waals surface area contributed by atoms with E-state index < -0.39 is 0 Å². The van der Waals surface area contributed by atoms with Crippen LogP contribution in [-0.2, 0) is 0 Å². The molecule has 0 unspecified atom stereocenters. The average molecular weight is 161 g/mol. The van der Waals surface area contributed by atoms with Crippen LogP contribution in [0.2, 0.25) is 0 Å². The first-order valence-corrected chi connectivity index (χ1v) is 0. The highest BCUT2D eigenvalue weighted by molar-refractivity contribution is 0.832. The fourth-order valence-electron chi connectivity index (χ4n) is 0. The topological polar surface area (TPSA) is 282 Å². The highest BCUT2D eigenvalue weighted by atomic mass is 16.0. The predicted octanol–water partition coefficient (Wildman–Crippen LogP) is -6.77. The Kier molecular flexibility index (Phi) is 1120000. The van der Waals surface area contributed by atoms with Crippen molar-refractivity contribution in [3.8, 4) is 0 Å². The molecule has 0 heterocycles. The summed E-state index contributed by atoms with van der Waals surface area (Å²) in [5.74, 6) is 0. The van der Waals surface area contributed by atoms with Gasteiger partial charge in [0.2, 0.25) is 0 Å². The van der Waals surface area contributed by atoms with E-state index in [1.165, 1.54) is 0 Å². The molecule has 0 aromatic rings. The van der Waals surface area contributed by atoms with E-state index in [0.29, 0.717) is 0 Å². The third-order valence-corrected chi connectivity index (χ3v) is 0. The Labute approximate surface area is 50.7 Å². The van der Waals surface area contributed by atoms with E-state index >= 15 is 0 Å². The molecule has 0 fully saturated rings. The highest BCUT2D eigenvalue weighted by Crippen LogP contribution is -0.281. The second-order valence-corrected chi connectivity index (χ2v) is 0. The molecule has 9 heavy (non-hydrogen) atoms. The minimum absolute atomic E-state index is 0. The van der Waals surface area contributed by atoms with Crippen LogP contribution in [0, 0.1) is 0 Å². The zero-order valence-corrected chi connectivity index (χ0v) is 4.45. The van der Waals surface area contributed by atoms with Gasteiger partial charge in [-0.05, 0) is 0 Å². The molecule has 9 nitrogen and oxygen atoms in total. The van der Waals surface area contributed by atoms with E-state index in [2.05, 4.69) is 0 Å². The quantitative estimate of drug-likeness (QED) is 0.328. The second-order valence-electron chi connectivity index (χ2n) is 0. The number of hydrogen-bond acceptors (Lipinski definition) is 1. The van der Waals surface area contributed by atoms with Gasteiger partial charge in [-0.2, -0.15) is 0 Å². The molecule has 72 valence electrons. The molecule has 0 saturated carbocycles. The Hall–Kier alpha value is -0.360. The first-order valence-electron chi connectivity index (χ1n) is 0. The zero-order valence-electron chi connectivity index (χ0n) is 4.45. The molecule has 0 aromatic carbocycles. The first kappa shape index (κ1) is 3890. The maximum absolute atomic E-state index is 0. The van der Waals surface area contributed by atoms with Gasteiger partial charge >= 0.3 is 0 Å². The molecule has 0 spiro atoms. The predicted molar refractivity (Wildman–Crippen MR) is 30.8 cm³/mol. The molecule has 0 atom stereocenters. The molecular weight excluding hydrogens is 144 g/mol. The Balaban J connectivity index is 0. The molecule has 0 aliphatic heterocycles. The smallest absolute Gasteiger partial charge is 0.412 e. The van der Waals surface area contributed by atoms with Crippen molar-refractivity contribution in [2.75, 3.05) is 0 Å². The lowest BCUT2D eigenvalue weighted by atomic mass is 16.0. The summed E-state index contributed by atoms with van der Waals surface area (Å²) in [5, 5.41) is 0. The van der Waals surface area contributed by atoms with Gasteiger partial charge in [-0.15, -0.1) is 0 Å². The van der Waals surface area contributed by atoms with E-state index in [1.54, 1.807) is 0 Å². The molecule has 0 aliphatic rings. The van der Waals surface area contributed by atoms with Crippen molar-refractivity contribution in [3.05, 3.63) is 0 Å². The minimum Gasteiger partial charge on any atom is -0.870 e. The van der Waals surface area contributed by atoms with Gasteiger partial charge in [0, 0.05) is 0 Å². The minimum atomic E-state index is 0. The number of rotatable bonds is 0. The van der Waals surface area contributed by atoms with Gasteiger partial charge in [0.15, 0.2) is 0 Å². The van der Waals surface area contributed by atoms with Gasteiger partial charge in [0.05, 0.1) is 0 Å². The molecule has 0 aromatic heterocycles. The monoisotopic (exact) mass is 161 g/mol. The Bertz CT molecular complexity index is 0. The fourth-order valence-corrected chi connectivity index (χ4v) is 0. The van der Waals surface area contributed by atoms with Crippen molar-refractivity contribution in [3.63, 3.8) is 0 Å². The van der Waals surface area contributed by atoms with E-state index in [4.69, 9.17) is 0 Å². The summed E-state index contributed by atoms with van der Waals surface area (Å²) in [6, 6.07) is 0. The van der Waals surface area contributed by atoms with Crippen LogP contribution in [0.15, 0.2) is 0 Å². The third-order valence-electron chi connectivity index (χ3n) is 0. The van der Waals surface area contributed by atoms with E-state index in [-0.39, 0.29) is 49.3 Å². The highest BCUT2D eigenvalue weighted by Gasteiger charge is -0.404. The van der Waals surface area contributed by atoms with Crippen molar-refractivity contribution in [1.29, 1.82) is 0 Å². The summed E-state index contributed by atoms with van der Waals surface area (Å²) in [4.78, 5) is 0. The Morgan fingerprint density at radius 3 is 0.222 bits per heavy atom. The molecule has 0 bridgehead atoms. The van der Waals surface area contributed by atoms with Crippen LogP contribution in [0.3, 0.4) is 0 Å². The van der Waals surface area contributed by atoms with Crippen LogP contribution in [0.25, 0.3) is 0 Å². The molecule has 0 radical (unpaired) electrons. The summed E-state index contributed by atoms with van der Waals surface area (Å²) in [6.07, 6.45) is 0. The summed E-state index contributed by atoms with van der Waals surface area (Å²) in [7, 11) is 0. The van der Waals surface area contributed by atoms with Crippen LogP contribution in [0.5, 0.6) is 0 Å². The molecule has 0 rings (SSSR count). The SMILES string of the molecule is O.O.O.O.O.O.O.O.[OH-]. The summed E-state index contributed by atoms with van der Waals surface area (Å²) < 4.78 is 0. The molecule has 0 amide bonds. The largest absolute Gasteiger partial charge is 0.870 e. The summed E-state index contributed by atoms with van der Waals surface area (Å²) >= 11 is 0. The fraction of sp³-hybridized carbons (Fsp3) is 0. The van der Waals surface area contributed by atoms with Gasteiger partial charge in [-0.3, -0.25) is 0 Å². The van der Waals surface area contributed by atoms with Gasteiger partial charge in [0.25, 0.3) is 0 Å². The van der Waals surface area contributed by atoms with Gasteiger partial charge in [0.1, 0.15) is 0 Å². The molecule has 0 aliphatic carbocycles. The van der Waals surface area contributed by atoms with E-state index in [1.807, 2.05) is 0 Å². The van der Waals surface area contributed by atoms with Gasteiger partial charge < -0.3 is 49.3 Å². The normalized spacial score (nSPS) is 0. The van der Waals surface area contributed by atoms with Crippen LogP contribution >= 0.6 is 0 Å². The summed E-state index contributed by atoms with van der Waals surface area (Å²) in [5.41, 5.74) is 0. The van der Waals surface area contributed by atoms with Gasteiger partial charge in [-0.25, -0.2) is 0 Å². The van der Waals surface area contributed by atoms with Gasteiger partial charge in [-0.1, -0.05) is 0 Å². The maximum Gasteiger partial charge on any atom is -0.412 e. The van der Waals surface area contributed by atoms with Crippen LogP contribution in [0.1, 0.15) is 0 Å². The van der Waals surface area contributed by atoms with Crippen molar-refractivity contribution in [2.24, 2.45) is 0 Å². The van der Waals surface area contributed by atoms with E-state index in [0.717, 1.165) is 0 Å². The first-order chi connectivity index (χ1) is 0. The van der Waals surface area contributed by atoms with Crippen molar-refractivity contribution >= 4 is 0 Å². The summed E-state index contributed by atoms with van der Waals surface area (Å²) in [6.45, 7) is 0. The standard InChI is InChI=1S/9H2O/h9*1H2/p-1. The van der Waals surface area contributed by atoms with Crippen LogP contribution < -0.4 is 0 Å². The third kappa shape index (κ3) is 1880. The lowest BCUT2D eigenvalue weighted by Gasteiger charge is -0.870. The lowest BCUT2D eigenvalue weighted by molar-refractivity contribution is 0.823. The Morgan fingerprint density at radius 2 is 0.222 bits per heavy atom. The Morgan fingerprint density at radius 1 is 0.222 bits per heavy atom. The molecule has 0 saturated heterocycles. The van der Waals surface area contributed by atoms with Crippen molar-refractivity contribution in [1.82, 2.24) is 0 Å². The van der Waals surface area contributed by atoms with Crippen molar-refractivity contribution < 1.29 is 49.3 Å². The van der Waals surface area contributed by atoms with E-state index in [9.17, 15) is 0 Å². The van der Waals surface area contributed by atoms with Crippen LogP contribution in [-0.4, -0.2) is 49.3 Å². The van der Waals surface area contributed by atoms with Crippen LogP contribution in [0.4, 0.5) is 0 Å². The molecule has 17 N–H and O–H groups in total. The second kappa shape index (κ2) is 2600. The zero-order chi connectivity index (χ0) is 0.